The molecule has 0 radical (unpaired) electrons. The molecule has 2 aromatic rings. The Morgan fingerprint density at radius 2 is 2.05 bits per heavy atom. The lowest BCUT2D eigenvalue weighted by Gasteiger charge is -2.32. The van der Waals surface area contributed by atoms with E-state index in [0.29, 0.717) is 6.04 Å². The maximum atomic E-state index is 11.3. The van der Waals surface area contributed by atoms with Crippen molar-refractivity contribution in [2.24, 2.45) is 0 Å². The van der Waals surface area contributed by atoms with Crippen LogP contribution in [-0.4, -0.2) is 34.9 Å². The van der Waals surface area contributed by atoms with Crippen molar-refractivity contribution in [3.8, 4) is 0 Å². The van der Waals surface area contributed by atoms with Crippen molar-refractivity contribution in [3.63, 3.8) is 0 Å². The first-order chi connectivity index (χ1) is 10.1. The summed E-state index contributed by atoms with van der Waals surface area (Å²) in [5.41, 5.74) is 0.990. The van der Waals surface area contributed by atoms with Gasteiger partial charge in [-0.3, -0.25) is 4.79 Å². The number of halogens is 1. The molecule has 21 heavy (non-hydrogen) atoms. The molecular formula is C16H18BrN3O. The van der Waals surface area contributed by atoms with Crippen LogP contribution in [0.4, 0.5) is 5.82 Å². The smallest absolute Gasteiger partial charge is 0.219 e. The summed E-state index contributed by atoms with van der Waals surface area (Å²) in [4.78, 5) is 17.9. The van der Waals surface area contributed by atoms with Crippen LogP contribution in [0, 0.1) is 0 Å². The minimum absolute atomic E-state index is 0.169. The van der Waals surface area contributed by atoms with Gasteiger partial charge >= 0.3 is 0 Å². The second kappa shape index (κ2) is 6.02. The lowest BCUT2D eigenvalue weighted by Crippen LogP contribution is -2.41. The number of aromatic nitrogens is 1. The van der Waals surface area contributed by atoms with Gasteiger partial charge in [-0.1, -0.05) is 15.9 Å². The Morgan fingerprint density at radius 3 is 2.76 bits per heavy atom. The third-order valence-electron chi connectivity index (χ3n) is 3.94. The molecule has 1 aliphatic heterocycles. The van der Waals surface area contributed by atoms with Crippen molar-refractivity contribution < 1.29 is 4.79 Å². The minimum Gasteiger partial charge on any atom is -0.367 e. The van der Waals surface area contributed by atoms with Crippen molar-refractivity contribution >= 4 is 38.6 Å². The summed E-state index contributed by atoms with van der Waals surface area (Å²) in [5, 5.41) is 4.61. The molecule has 5 heteroatoms. The van der Waals surface area contributed by atoms with E-state index >= 15 is 0 Å². The number of anilines is 1. The number of pyridine rings is 1. The Bertz CT molecular complexity index is 666. The Balaban J connectivity index is 1.68. The highest BCUT2D eigenvalue weighted by molar-refractivity contribution is 9.10. The fourth-order valence-corrected chi connectivity index (χ4v) is 3.10. The number of fused-ring (bicyclic) bond motifs is 1. The van der Waals surface area contributed by atoms with Crippen LogP contribution in [0.15, 0.2) is 34.8 Å². The molecule has 0 unspecified atom stereocenters. The van der Waals surface area contributed by atoms with Crippen molar-refractivity contribution in [1.82, 2.24) is 9.88 Å². The van der Waals surface area contributed by atoms with Gasteiger partial charge in [-0.05, 0) is 43.2 Å². The predicted octanol–water partition coefficient (Wildman–Crippen LogP) is 3.42. The molecular weight excluding hydrogens is 330 g/mol. The first kappa shape index (κ1) is 14.3. The van der Waals surface area contributed by atoms with Gasteiger partial charge in [-0.2, -0.15) is 0 Å². The van der Waals surface area contributed by atoms with E-state index in [-0.39, 0.29) is 5.91 Å². The zero-order valence-corrected chi connectivity index (χ0v) is 13.6. The summed E-state index contributed by atoms with van der Waals surface area (Å²) in [6.07, 6.45) is 1.94. The number of likely N-dealkylation sites (tertiary alicyclic amines) is 1. The summed E-state index contributed by atoms with van der Waals surface area (Å²) < 4.78 is 1.06. The van der Waals surface area contributed by atoms with Crippen molar-refractivity contribution in [3.05, 3.63) is 34.8 Å². The molecule has 0 saturated carbocycles. The summed E-state index contributed by atoms with van der Waals surface area (Å²) in [6.45, 7) is 3.29. The van der Waals surface area contributed by atoms with Gasteiger partial charge in [0, 0.05) is 35.9 Å². The maximum Gasteiger partial charge on any atom is 0.219 e. The number of rotatable bonds is 2. The second-order valence-electron chi connectivity index (χ2n) is 5.46. The van der Waals surface area contributed by atoms with Crippen LogP contribution in [0.5, 0.6) is 0 Å². The molecule has 1 amide bonds. The Labute approximate surface area is 132 Å². The summed E-state index contributed by atoms with van der Waals surface area (Å²) in [6, 6.07) is 10.6. The number of nitrogens with one attached hydrogen (secondary N) is 1. The van der Waals surface area contributed by atoms with Crippen LogP contribution < -0.4 is 5.32 Å². The number of nitrogens with zero attached hydrogens (tertiary/aromatic N) is 2. The van der Waals surface area contributed by atoms with E-state index in [1.807, 2.05) is 23.1 Å². The molecule has 0 atom stereocenters. The van der Waals surface area contributed by atoms with E-state index in [1.54, 1.807) is 6.92 Å². The van der Waals surface area contributed by atoms with Crippen LogP contribution in [0.1, 0.15) is 19.8 Å². The maximum absolute atomic E-state index is 11.3. The molecule has 0 aliphatic carbocycles. The molecule has 0 spiro atoms. The molecule has 1 aliphatic rings. The van der Waals surface area contributed by atoms with Gasteiger partial charge < -0.3 is 10.2 Å². The molecule has 2 heterocycles. The molecule has 4 nitrogen and oxygen atoms in total. The van der Waals surface area contributed by atoms with E-state index in [9.17, 15) is 4.79 Å². The van der Waals surface area contributed by atoms with Gasteiger partial charge in [0.05, 0.1) is 5.52 Å². The lowest BCUT2D eigenvalue weighted by molar-refractivity contribution is -0.129. The fourth-order valence-electron chi connectivity index (χ4n) is 2.72. The molecule has 1 fully saturated rings. The van der Waals surface area contributed by atoms with Crippen molar-refractivity contribution in [2.75, 3.05) is 18.4 Å². The Hall–Kier alpha value is -1.62. The van der Waals surface area contributed by atoms with Gasteiger partial charge in [0.2, 0.25) is 5.91 Å². The number of hydrogen-bond donors (Lipinski definition) is 1. The fraction of sp³-hybridized carbons (Fsp3) is 0.375. The first-order valence-electron chi connectivity index (χ1n) is 7.20. The van der Waals surface area contributed by atoms with E-state index in [4.69, 9.17) is 0 Å². The number of carbonyl (C=O) groups is 1. The van der Waals surface area contributed by atoms with E-state index in [1.165, 1.54) is 0 Å². The molecule has 1 aromatic heterocycles. The van der Waals surface area contributed by atoms with Gasteiger partial charge in [0.25, 0.3) is 0 Å². The molecule has 1 saturated heterocycles. The summed E-state index contributed by atoms with van der Waals surface area (Å²) >= 11 is 3.47. The Kier molecular flexibility index (Phi) is 4.10. The summed E-state index contributed by atoms with van der Waals surface area (Å²) in [5.74, 6) is 1.08. The van der Waals surface area contributed by atoms with Crippen LogP contribution >= 0.6 is 15.9 Å². The number of carbonyl (C=O) groups excluding carboxylic acids is 1. The standard InChI is InChI=1S/C16H18BrN3O/c1-11(21)20-8-6-14(7-9-20)18-16-5-2-12-10-13(17)3-4-15(12)19-16/h2-5,10,14H,6-9H2,1H3,(H,18,19). The topological polar surface area (TPSA) is 45.2 Å². The SMILES string of the molecule is CC(=O)N1CCC(Nc2ccc3cc(Br)ccc3n2)CC1. The average Bonchev–Trinajstić information content (AvgIpc) is 2.48. The zero-order chi connectivity index (χ0) is 14.8. The second-order valence-corrected chi connectivity index (χ2v) is 6.37. The van der Waals surface area contributed by atoms with Gasteiger partial charge in [-0.15, -0.1) is 0 Å². The zero-order valence-electron chi connectivity index (χ0n) is 12.0. The first-order valence-corrected chi connectivity index (χ1v) is 7.99. The predicted molar refractivity (Wildman–Crippen MR) is 88.3 cm³/mol. The van der Waals surface area contributed by atoms with Crippen molar-refractivity contribution in [1.29, 1.82) is 0 Å². The van der Waals surface area contributed by atoms with Gasteiger partial charge in [0.15, 0.2) is 0 Å². The normalized spacial score (nSPS) is 16.2. The molecule has 0 bridgehead atoms. The van der Waals surface area contributed by atoms with Crippen LogP contribution in [0.2, 0.25) is 0 Å². The molecule has 3 rings (SSSR count). The van der Waals surface area contributed by atoms with Crippen molar-refractivity contribution in [2.45, 2.75) is 25.8 Å². The van der Waals surface area contributed by atoms with E-state index < -0.39 is 0 Å². The minimum atomic E-state index is 0.169. The molecule has 1 aromatic carbocycles. The highest BCUT2D eigenvalue weighted by Gasteiger charge is 2.20. The van der Waals surface area contributed by atoms with Crippen LogP contribution in [-0.2, 0) is 4.79 Å². The molecule has 110 valence electrons. The summed E-state index contributed by atoms with van der Waals surface area (Å²) in [7, 11) is 0. The molecule has 1 N–H and O–H groups in total. The third kappa shape index (κ3) is 3.35. The number of piperidine rings is 1. The van der Waals surface area contributed by atoms with Gasteiger partial charge in [-0.25, -0.2) is 4.98 Å². The highest BCUT2D eigenvalue weighted by Crippen LogP contribution is 2.21. The Morgan fingerprint density at radius 1 is 1.29 bits per heavy atom. The number of amides is 1. The number of benzene rings is 1. The average molecular weight is 348 g/mol. The largest absolute Gasteiger partial charge is 0.367 e. The number of hydrogen-bond acceptors (Lipinski definition) is 3. The lowest BCUT2D eigenvalue weighted by atomic mass is 10.1. The monoisotopic (exact) mass is 347 g/mol. The highest BCUT2D eigenvalue weighted by atomic mass is 79.9. The van der Waals surface area contributed by atoms with E-state index in [2.05, 4.69) is 38.4 Å². The van der Waals surface area contributed by atoms with Crippen LogP contribution in [0.25, 0.3) is 10.9 Å². The van der Waals surface area contributed by atoms with Gasteiger partial charge in [0.1, 0.15) is 5.82 Å². The van der Waals surface area contributed by atoms with Crippen LogP contribution in [0.3, 0.4) is 0 Å². The quantitative estimate of drug-likeness (QED) is 0.905. The van der Waals surface area contributed by atoms with E-state index in [0.717, 1.165) is 47.1 Å². The third-order valence-corrected chi connectivity index (χ3v) is 4.44.